The summed E-state index contributed by atoms with van der Waals surface area (Å²) in [5, 5.41) is 18.8. The number of piperidine rings is 1. The fourth-order valence-electron chi connectivity index (χ4n) is 4.63. The van der Waals surface area contributed by atoms with E-state index in [2.05, 4.69) is 30.6 Å². The molecule has 1 unspecified atom stereocenters. The predicted octanol–water partition coefficient (Wildman–Crippen LogP) is 1.08. The SMILES string of the molecule is COC1(NC2=NCCCN2)CCCCN1c1cccc(C(=O)NC[C@H](NS(=O)(=O)c2ccccc2)C(=O)O)c1. The Kier molecular flexibility index (Phi) is 9.04. The van der Waals surface area contributed by atoms with Crippen molar-refractivity contribution in [2.24, 2.45) is 4.99 Å². The molecule has 4 rings (SSSR count). The number of carboxylic acid groups (broad SMARTS) is 1. The summed E-state index contributed by atoms with van der Waals surface area (Å²) in [5.41, 5.74) is 1.04. The van der Waals surface area contributed by atoms with Crippen LogP contribution < -0.4 is 25.6 Å². The van der Waals surface area contributed by atoms with Crippen LogP contribution in [0.15, 0.2) is 64.5 Å². The maximum absolute atomic E-state index is 13.0. The molecule has 1 saturated heterocycles. The van der Waals surface area contributed by atoms with Gasteiger partial charge in [0, 0.05) is 51.0 Å². The van der Waals surface area contributed by atoms with E-state index < -0.39 is 40.3 Å². The molecule has 0 bridgehead atoms. The van der Waals surface area contributed by atoms with Crippen LogP contribution in [0.3, 0.4) is 0 Å². The van der Waals surface area contributed by atoms with Gasteiger partial charge < -0.3 is 30.7 Å². The van der Waals surface area contributed by atoms with Gasteiger partial charge in [-0.15, -0.1) is 0 Å². The molecule has 210 valence electrons. The smallest absolute Gasteiger partial charge is 0.323 e. The minimum atomic E-state index is -4.09. The van der Waals surface area contributed by atoms with Crippen LogP contribution in [0.1, 0.15) is 36.0 Å². The molecule has 0 saturated carbocycles. The second-order valence-corrected chi connectivity index (χ2v) is 11.0. The molecule has 2 aliphatic heterocycles. The highest BCUT2D eigenvalue weighted by Gasteiger charge is 2.41. The number of carbonyl (C=O) groups excluding carboxylic acids is 1. The monoisotopic (exact) mass is 558 g/mol. The van der Waals surface area contributed by atoms with E-state index in [1.54, 1.807) is 31.4 Å². The number of carboxylic acids is 1. The molecule has 0 spiro atoms. The molecule has 13 heteroatoms. The third-order valence-electron chi connectivity index (χ3n) is 6.67. The van der Waals surface area contributed by atoms with Crippen molar-refractivity contribution in [2.45, 2.75) is 42.5 Å². The van der Waals surface area contributed by atoms with Gasteiger partial charge in [0.2, 0.25) is 15.9 Å². The summed E-state index contributed by atoms with van der Waals surface area (Å²) >= 11 is 0. The number of carbonyl (C=O) groups is 2. The second kappa shape index (κ2) is 12.5. The number of aliphatic imine (C=N–C) groups is 1. The van der Waals surface area contributed by atoms with Crippen LogP contribution in [-0.4, -0.2) is 76.5 Å². The maximum Gasteiger partial charge on any atom is 0.323 e. The lowest BCUT2D eigenvalue weighted by Crippen LogP contribution is -2.66. The molecule has 0 aromatic heterocycles. The summed E-state index contributed by atoms with van der Waals surface area (Å²) in [7, 11) is -2.46. The number of nitrogens with one attached hydrogen (secondary N) is 4. The van der Waals surface area contributed by atoms with Gasteiger partial charge in [-0.3, -0.25) is 14.6 Å². The molecule has 2 aromatic rings. The number of aliphatic carboxylic acids is 1. The molecule has 2 aliphatic rings. The second-order valence-electron chi connectivity index (χ2n) is 9.32. The molecule has 0 radical (unpaired) electrons. The summed E-state index contributed by atoms with van der Waals surface area (Å²) in [5.74, 6) is -2.14. The average molecular weight is 559 g/mol. The number of sulfonamides is 1. The van der Waals surface area contributed by atoms with Crippen molar-refractivity contribution in [1.82, 2.24) is 20.7 Å². The number of methoxy groups -OCH3 is 1. The number of hydrogen-bond acceptors (Lipinski definition) is 9. The lowest BCUT2D eigenvalue weighted by Gasteiger charge is -2.48. The third kappa shape index (κ3) is 6.85. The fraction of sp³-hybridized carbons (Fsp3) is 0.423. The van der Waals surface area contributed by atoms with Gasteiger partial charge in [-0.2, -0.15) is 4.72 Å². The quantitative estimate of drug-likeness (QED) is 0.269. The van der Waals surface area contributed by atoms with Gasteiger partial charge >= 0.3 is 5.97 Å². The van der Waals surface area contributed by atoms with Crippen molar-refractivity contribution in [1.29, 1.82) is 0 Å². The van der Waals surface area contributed by atoms with Gasteiger partial charge in [-0.05, 0) is 49.6 Å². The lowest BCUT2D eigenvalue weighted by molar-refractivity contribution is -0.138. The minimum absolute atomic E-state index is 0.0681. The molecule has 2 heterocycles. The van der Waals surface area contributed by atoms with E-state index in [0.29, 0.717) is 24.5 Å². The van der Waals surface area contributed by atoms with Gasteiger partial charge in [0.05, 0.1) is 4.90 Å². The predicted molar refractivity (Wildman–Crippen MR) is 146 cm³/mol. The van der Waals surface area contributed by atoms with E-state index in [9.17, 15) is 23.1 Å². The molecule has 5 N–H and O–H groups in total. The Labute approximate surface area is 227 Å². The highest BCUT2D eigenvalue weighted by Crippen LogP contribution is 2.32. The number of anilines is 1. The zero-order valence-corrected chi connectivity index (χ0v) is 22.5. The number of benzene rings is 2. The molecule has 0 aliphatic carbocycles. The van der Waals surface area contributed by atoms with Crippen molar-refractivity contribution < 1.29 is 27.9 Å². The molecule has 2 aromatic carbocycles. The summed E-state index contributed by atoms with van der Waals surface area (Å²) < 4.78 is 33.3. The van der Waals surface area contributed by atoms with Crippen molar-refractivity contribution >= 4 is 33.5 Å². The van der Waals surface area contributed by atoms with Gasteiger partial charge in [-0.1, -0.05) is 24.3 Å². The van der Waals surface area contributed by atoms with Gasteiger partial charge in [-0.25, -0.2) is 8.42 Å². The average Bonchev–Trinajstić information content (AvgIpc) is 2.96. The number of ether oxygens (including phenoxy) is 1. The van der Waals surface area contributed by atoms with Crippen molar-refractivity contribution in [3.63, 3.8) is 0 Å². The number of rotatable bonds is 10. The minimum Gasteiger partial charge on any atom is -0.480 e. The van der Waals surface area contributed by atoms with E-state index in [1.165, 1.54) is 24.3 Å². The van der Waals surface area contributed by atoms with E-state index in [-0.39, 0.29) is 4.90 Å². The van der Waals surface area contributed by atoms with Crippen LogP contribution in [0, 0.1) is 0 Å². The highest BCUT2D eigenvalue weighted by atomic mass is 32.2. The normalized spacial score (nSPS) is 20.3. The Bertz CT molecular complexity index is 1310. The van der Waals surface area contributed by atoms with Gasteiger partial charge in [0.25, 0.3) is 5.91 Å². The highest BCUT2D eigenvalue weighted by molar-refractivity contribution is 7.89. The van der Waals surface area contributed by atoms with Gasteiger partial charge in [0.15, 0.2) is 5.96 Å². The summed E-state index contributed by atoms with van der Waals surface area (Å²) in [6, 6.07) is 12.8. The maximum atomic E-state index is 13.0. The zero-order valence-electron chi connectivity index (χ0n) is 21.7. The number of amides is 1. The van der Waals surface area contributed by atoms with Crippen LogP contribution in [-0.2, 0) is 19.6 Å². The summed E-state index contributed by atoms with van der Waals surface area (Å²) in [4.78, 5) is 31.3. The lowest BCUT2D eigenvalue weighted by atomic mass is 10.0. The molecular weight excluding hydrogens is 524 g/mol. The number of hydrogen-bond donors (Lipinski definition) is 5. The zero-order chi connectivity index (χ0) is 27.9. The molecular formula is C26H34N6O6S. The van der Waals surface area contributed by atoms with Crippen LogP contribution in [0.25, 0.3) is 0 Å². The van der Waals surface area contributed by atoms with Crippen molar-refractivity contribution in [3.05, 3.63) is 60.2 Å². The van der Waals surface area contributed by atoms with E-state index in [0.717, 1.165) is 38.0 Å². The first-order chi connectivity index (χ1) is 18.7. The summed E-state index contributed by atoms with van der Waals surface area (Å²) in [6.07, 6.45) is 3.54. The number of nitrogens with zero attached hydrogens (tertiary/aromatic N) is 2. The Hall–Kier alpha value is -3.68. The molecule has 1 fully saturated rings. The number of guanidine groups is 1. The first kappa shape index (κ1) is 28.3. The van der Waals surface area contributed by atoms with Crippen LogP contribution in [0.4, 0.5) is 5.69 Å². The van der Waals surface area contributed by atoms with Crippen LogP contribution in [0.5, 0.6) is 0 Å². The third-order valence-corrected chi connectivity index (χ3v) is 8.16. The van der Waals surface area contributed by atoms with E-state index in [1.807, 2.05) is 6.07 Å². The summed E-state index contributed by atoms with van der Waals surface area (Å²) in [6.45, 7) is 1.79. The largest absolute Gasteiger partial charge is 0.480 e. The first-order valence-corrected chi connectivity index (χ1v) is 14.3. The molecule has 2 atom stereocenters. The Morgan fingerprint density at radius 1 is 1.15 bits per heavy atom. The van der Waals surface area contributed by atoms with E-state index >= 15 is 0 Å². The van der Waals surface area contributed by atoms with Crippen LogP contribution in [0.2, 0.25) is 0 Å². The standard InChI is InChI=1S/C26H34N6O6S/c1-38-26(30-25-27-14-8-15-28-25)13-5-6-16-32(26)20-10-7-9-19(17-20)23(33)29-18-22(24(34)35)31-39(36,37)21-11-3-2-4-12-21/h2-4,7,9-12,17,22,31H,5-6,8,13-16,18H2,1H3,(H,29,33)(H,34,35)(H2,27,28,30)/t22-,26?/m0/s1. The van der Waals surface area contributed by atoms with Gasteiger partial charge in [0.1, 0.15) is 6.04 Å². The van der Waals surface area contributed by atoms with E-state index in [4.69, 9.17) is 4.74 Å². The molecule has 12 nitrogen and oxygen atoms in total. The fourth-order valence-corrected chi connectivity index (χ4v) is 5.84. The molecule has 1 amide bonds. The Balaban J connectivity index is 1.47. The Morgan fingerprint density at radius 3 is 2.64 bits per heavy atom. The van der Waals surface area contributed by atoms with Crippen molar-refractivity contribution in [2.75, 3.05) is 38.2 Å². The molecule has 39 heavy (non-hydrogen) atoms. The topological polar surface area (TPSA) is 161 Å². The van der Waals surface area contributed by atoms with Crippen LogP contribution >= 0.6 is 0 Å². The first-order valence-electron chi connectivity index (χ1n) is 12.8. The van der Waals surface area contributed by atoms with Crippen molar-refractivity contribution in [3.8, 4) is 0 Å². The Morgan fingerprint density at radius 2 is 1.95 bits per heavy atom.